The number of hydrogen-bond donors (Lipinski definition) is 0. The maximum atomic E-state index is 13.0. The fraction of sp³-hybridized carbons (Fsp3) is 0.417. The maximum absolute atomic E-state index is 13.0. The van der Waals surface area contributed by atoms with Crippen molar-refractivity contribution in [3.05, 3.63) is 35.6 Å². The predicted molar refractivity (Wildman–Crippen MR) is 67.9 cm³/mol. The van der Waals surface area contributed by atoms with E-state index in [0.29, 0.717) is 31.7 Å². The van der Waals surface area contributed by atoms with Crippen molar-refractivity contribution in [1.82, 2.24) is 9.21 Å². The molecule has 2 rings (SSSR count). The summed E-state index contributed by atoms with van der Waals surface area (Å²) in [6, 6.07) is 5.69. The molecule has 0 radical (unpaired) electrons. The Morgan fingerprint density at radius 2 is 1.94 bits per heavy atom. The summed E-state index contributed by atoms with van der Waals surface area (Å²) in [6.45, 7) is 2.22. The Bertz CT molecular complexity index is 473. The van der Waals surface area contributed by atoms with Gasteiger partial charge in [-0.15, -0.1) is 0 Å². The van der Waals surface area contributed by atoms with Crippen LogP contribution in [0.1, 0.15) is 10.4 Å². The second kappa shape index (κ2) is 5.58. The number of carbonyl (C=O) groups is 1. The number of carbonyl (C=O) groups excluding carboxylic acids is 1. The van der Waals surface area contributed by atoms with Crippen molar-refractivity contribution >= 4 is 16.9 Å². The number of hydrogen-bond acceptors (Lipinski definition) is 2. The van der Waals surface area contributed by atoms with Crippen LogP contribution >= 0.6 is 0 Å². The lowest BCUT2D eigenvalue weighted by atomic mass is 10.2. The number of rotatable bonds is 2. The second-order valence-corrected chi connectivity index (χ2v) is 5.52. The molecule has 1 aliphatic rings. The van der Waals surface area contributed by atoms with Crippen LogP contribution in [0.15, 0.2) is 24.3 Å². The van der Waals surface area contributed by atoms with E-state index in [2.05, 4.69) is 0 Å². The molecule has 0 N–H and O–H groups in total. The lowest BCUT2D eigenvalue weighted by Crippen LogP contribution is -2.48. The molecule has 1 amide bonds. The van der Waals surface area contributed by atoms with Crippen molar-refractivity contribution in [2.24, 2.45) is 0 Å². The van der Waals surface area contributed by atoms with Gasteiger partial charge in [-0.3, -0.25) is 4.79 Å². The molecule has 1 fully saturated rings. The first-order chi connectivity index (χ1) is 8.58. The van der Waals surface area contributed by atoms with Crippen LogP contribution < -0.4 is 0 Å². The van der Waals surface area contributed by atoms with Crippen molar-refractivity contribution in [2.75, 3.05) is 32.4 Å². The van der Waals surface area contributed by atoms with Gasteiger partial charge in [0.2, 0.25) is 0 Å². The highest BCUT2D eigenvalue weighted by Crippen LogP contribution is 2.10. The van der Waals surface area contributed by atoms with Gasteiger partial charge in [0.15, 0.2) is 0 Å². The molecule has 18 heavy (non-hydrogen) atoms. The van der Waals surface area contributed by atoms with E-state index in [9.17, 15) is 13.4 Å². The Morgan fingerprint density at radius 3 is 2.50 bits per heavy atom. The third kappa shape index (κ3) is 2.94. The molecule has 1 atom stereocenters. The van der Waals surface area contributed by atoms with Gasteiger partial charge in [-0.2, -0.15) is 0 Å². The Balaban J connectivity index is 2.02. The highest BCUT2D eigenvalue weighted by Gasteiger charge is 2.23. The van der Waals surface area contributed by atoms with E-state index in [1.165, 1.54) is 18.2 Å². The van der Waals surface area contributed by atoms with Gasteiger partial charge in [0, 0.05) is 38.0 Å². The summed E-state index contributed by atoms with van der Waals surface area (Å²) in [6.07, 6.45) is 1.63. The van der Waals surface area contributed by atoms with Crippen molar-refractivity contribution < 1.29 is 13.4 Å². The number of amides is 1. The van der Waals surface area contributed by atoms with Crippen LogP contribution in [0.25, 0.3) is 0 Å². The third-order valence-corrected chi connectivity index (χ3v) is 4.05. The monoisotopic (exact) mass is 270 g/mol. The van der Waals surface area contributed by atoms with Crippen molar-refractivity contribution in [2.45, 2.75) is 0 Å². The molecule has 0 spiro atoms. The first-order valence-electron chi connectivity index (χ1n) is 5.71. The van der Waals surface area contributed by atoms with Crippen LogP contribution in [-0.2, 0) is 11.0 Å². The average Bonchev–Trinajstić information content (AvgIpc) is 2.38. The summed E-state index contributed by atoms with van der Waals surface area (Å²) in [5, 5.41) is 0. The molecular formula is C12H15FN2O2S. The molecule has 1 aliphatic heterocycles. The van der Waals surface area contributed by atoms with E-state index in [4.69, 9.17) is 0 Å². The van der Waals surface area contributed by atoms with Crippen molar-refractivity contribution in [1.29, 1.82) is 0 Å². The lowest BCUT2D eigenvalue weighted by molar-refractivity contribution is 0.0700. The third-order valence-electron chi connectivity index (χ3n) is 2.96. The van der Waals surface area contributed by atoms with E-state index in [1.54, 1.807) is 17.2 Å². The summed E-state index contributed by atoms with van der Waals surface area (Å²) < 4.78 is 26.1. The fourth-order valence-electron chi connectivity index (χ4n) is 1.95. The van der Waals surface area contributed by atoms with Gasteiger partial charge in [0.05, 0.1) is 11.0 Å². The van der Waals surface area contributed by atoms with Gasteiger partial charge < -0.3 is 4.90 Å². The molecule has 1 aromatic carbocycles. The number of halogens is 1. The zero-order chi connectivity index (χ0) is 13.1. The van der Waals surface area contributed by atoms with Crippen LogP contribution in [-0.4, -0.2) is 51.8 Å². The van der Waals surface area contributed by atoms with Crippen LogP contribution in [0.4, 0.5) is 4.39 Å². The molecule has 0 aromatic heterocycles. The molecular weight excluding hydrogens is 255 g/mol. The van der Waals surface area contributed by atoms with Gasteiger partial charge in [0.1, 0.15) is 5.82 Å². The van der Waals surface area contributed by atoms with Crippen LogP contribution in [0.5, 0.6) is 0 Å². The quantitative estimate of drug-likeness (QED) is 0.800. The van der Waals surface area contributed by atoms with E-state index >= 15 is 0 Å². The molecule has 1 aromatic rings. The molecule has 0 bridgehead atoms. The molecule has 4 nitrogen and oxygen atoms in total. The second-order valence-electron chi connectivity index (χ2n) is 4.16. The first-order valence-corrected chi connectivity index (χ1v) is 7.23. The van der Waals surface area contributed by atoms with Crippen molar-refractivity contribution in [3.63, 3.8) is 0 Å². The Hall–Kier alpha value is -1.27. The number of nitrogens with zero attached hydrogens (tertiary/aromatic N) is 2. The molecule has 1 heterocycles. The van der Waals surface area contributed by atoms with Gasteiger partial charge in [-0.1, -0.05) is 6.07 Å². The summed E-state index contributed by atoms with van der Waals surface area (Å²) in [4.78, 5) is 13.8. The SMILES string of the molecule is CS(=O)N1CCN(C(=O)c2cccc(F)c2)CC1. The Labute approximate surface area is 108 Å². The van der Waals surface area contributed by atoms with Gasteiger partial charge in [0.25, 0.3) is 5.91 Å². The normalized spacial score (nSPS) is 18.7. The van der Waals surface area contributed by atoms with Crippen LogP contribution in [0.3, 0.4) is 0 Å². The standard InChI is InChI=1S/C12H15FN2O2S/c1-18(17)15-7-5-14(6-8-15)12(16)10-3-2-4-11(13)9-10/h2-4,9H,5-8H2,1H3. The molecule has 0 saturated carbocycles. The molecule has 98 valence electrons. The molecule has 0 aliphatic carbocycles. The van der Waals surface area contributed by atoms with E-state index < -0.39 is 16.8 Å². The van der Waals surface area contributed by atoms with E-state index in [1.807, 2.05) is 4.31 Å². The van der Waals surface area contributed by atoms with Gasteiger partial charge in [-0.25, -0.2) is 12.9 Å². The average molecular weight is 270 g/mol. The fourth-order valence-corrected chi connectivity index (χ4v) is 2.63. The summed E-state index contributed by atoms with van der Waals surface area (Å²) >= 11 is 0. The van der Waals surface area contributed by atoms with Crippen molar-refractivity contribution in [3.8, 4) is 0 Å². The van der Waals surface area contributed by atoms with E-state index in [-0.39, 0.29) is 5.91 Å². The van der Waals surface area contributed by atoms with Gasteiger partial charge >= 0.3 is 0 Å². The summed E-state index contributed by atoms with van der Waals surface area (Å²) in [5.74, 6) is -0.579. The van der Waals surface area contributed by atoms with E-state index in [0.717, 1.165) is 0 Å². The summed E-state index contributed by atoms with van der Waals surface area (Å²) in [5.41, 5.74) is 0.362. The smallest absolute Gasteiger partial charge is 0.254 e. The highest BCUT2D eigenvalue weighted by atomic mass is 32.2. The number of piperazine rings is 1. The van der Waals surface area contributed by atoms with Gasteiger partial charge in [-0.05, 0) is 18.2 Å². The number of benzene rings is 1. The molecule has 1 saturated heterocycles. The largest absolute Gasteiger partial charge is 0.336 e. The minimum absolute atomic E-state index is 0.170. The van der Waals surface area contributed by atoms with Crippen LogP contribution in [0.2, 0.25) is 0 Å². The zero-order valence-corrected chi connectivity index (χ0v) is 11.0. The topological polar surface area (TPSA) is 40.6 Å². The minimum Gasteiger partial charge on any atom is -0.336 e. The maximum Gasteiger partial charge on any atom is 0.254 e. The Morgan fingerprint density at radius 1 is 1.28 bits per heavy atom. The summed E-state index contributed by atoms with van der Waals surface area (Å²) in [7, 11) is -0.993. The Kier molecular flexibility index (Phi) is 4.08. The first kappa shape index (κ1) is 13.2. The molecule has 1 unspecified atom stereocenters. The predicted octanol–water partition coefficient (Wildman–Crippen LogP) is 0.877. The highest BCUT2D eigenvalue weighted by molar-refractivity contribution is 7.81. The van der Waals surface area contributed by atoms with Crippen LogP contribution in [0, 0.1) is 5.82 Å². The minimum atomic E-state index is -0.993. The zero-order valence-electron chi connectivity index (χ0n) is 10.1. The molecule has 6 heteroatoms. The lowest BCUT2D eigenvalue weighted by Gasteiger charge is -2.33.